The summed E-state index contributed by atoms with van der Waals surface area (Å²) in [5, 5.41) is 7.00. The molecule has 1 aromatic rings. The normalized spacial score (nSPS) is 6.55. The molecule has 0 bridgehead atoms. The number of aliphatic hydroxyl groups excluding tert-OH is 1. The van der Waals surface area contributed by atoms with Gasteiger partial charge in [-0.15, -0.1) is 0 Å². The summed E-state index contributed by atoms with van der Waals surface area (Å²) in [4.78, 5) is 0. The summed E-state index contributed by atoms with van der Waals surface area (Å²) in [5.74, 6) is 0. The maximum absolute atomic E-state index is 7.00. The van der Waals surface area contributed by atoms with Gasteiger partial charge >= 0.3 is 0 Å². The van der Waals surface area contributed by atoms with Crippen molar-refractivity contribution in [2.45, 2.75) is 0 Å². The minimum atomic E-state index is 1.00. The molecule has 0 aliphatic carbocycles. The lowest BCUT2D eigenvalue weighted by Gasteiger charge is -1.69. The van der Waals surface area contributed by atoms with E-state index >= 15 is 0 Å². The average molecular weight is 156 g/mol. The van der Waals surface area contributed by atoms with E-state index in [1.165, 1.54) is 0 Å². The predicted molar refractivity (Wildman–Crippen MR) is 47.5 cm³/mol. The summed E-state index contributed by atoms with van der Waals surface area (Å²) in [6.07, 6.45) is 0. The number of ether oxygens (including phenoxy) is 1. The molecule has 1 rings (SSSR count). The predicted octanol–water partition coefficient (Wildman–Crippen LogP) is 1.56. The van der Waals surface area contributed by atoms with Gasteiger partial charge in [-0.3, -0.25) is 0 Å². The second-order valence-corrected chi connectivity index (χ2v) is 1.56. The number of benzene rings is 1. The van der Waals surface area contributed by atoms with Gasteiger partial charge in [0.25, 0.3) is 0 Å². The molecule has 0 heterocycles. The Morgan fingerprint density at radius 2 is 0.818 bits per heavy atom. The van der Waals surface area contributed by atoms with Crippen LogP contribution in [0.4, 0.5) is 0 Å². The van der Waals surface area contributed by atoms with Crippen LogP contribution in [-0.2, 0) is 4.74 Å². The summed E-state index contributed by atoms with van der Waals surface area (Å²) in [7, 11) is 4.25. The van der Waals surface area contributed by atoms with Crippen molar-refractivity contribution in [2.75, 3.05) is 21.3 Å². The summed E-state index contributed by atoms with van der Waals surface area (Å²) in [5.41, 5.74) is 0. The van der Waals surface area contributed by atoms with Gasteiger partial charge in [0.15, 0.2) is 0 Å². The Morgan fingerprint density at radius 1 is 0.727 bits per heavy atom. The van der Waals surface area contributed by atoms with Crippen molar-refractivity contribution in [1.29, 1.82) is 0 Å². The molecule has 0 aliphatic heterocycles. The molecule has 0 radical (unpaired) electrons. The van der Waals surface area contributed by atoms with E-state index in [0.717, 1.165) is 7.11 Å². The lowest BCUT2D eigenvalue weighted by Crippen LogP contribution is -1.55. The van der Waals surface area contributed by atoms with Gasteiger partial charge in [-0.1, -0.05) is 36.4 Å². The quantitative estimate of drug-likeness (QED) is 0.617. The molecule has 0 aliphatic rings. The zero-order chi connectivity index (χ0) is 8.95. The highest BCUT2D eigenvalue weighted by atomic mass is 16.4. The third-order valence-corrected chi connectivity index (χ3v) is 0.667. The summed E-state index contributed by atoms with van der Waals surface area (Å²) >= 11 is 0. The fourth-order valence-corrected chi connectivity index (χ4v) is 0.385. The summed E-state index contributed by atoms with van der Waals surface area (Å²) < 4.78 is 4.25. The highest BCUT2D eigenvalue weighted by Crippen LogP contribution is 1.79. The van der Waals surface area contributed by atoms with Gasteiger partial charge in [0.05, 0.1) is 0 Å². The Bertz CT molecular complexity index is 90.4. The second-order valence-electron chi connectivity index (χ2n) is 1.56. The molecule has 0 saturated heterocycles. The van der Waals surface area contributed by atoms with Crippen molar-refractivity contribution in [1.82, 2.24) is 0 Å². The van der Waals surface area contributed by atoms with Crippen LogP contribution in [0, 0.1) is 0 Å². The zero-order valence-electron chi connectivity index (χ0n) is 7.32. The largest absolute Gasteiger partial charge is 0.400 e. The number of aliphatic hydroxyl groups is 1. The second kappa shape index (κ2) is 16.1. The van der Waals surface area contributed by atoms with Crippen molar-refractivity contribution in [3.05, 3.63) is 36.4 Å². The molecule has 0 atom stereocenters. The van der Waals surface area contributed by atoms with Crippen LogP contribution in [-0.4, -0.2) is 26.4 Å². The molecule has 0 aromatic heterocycles. The third kappa shape index (κ3) is 17.6. The lowest BCUT2D eigenvalue weighted by molar-refractivity contribution is 0.277. The first-order valence-corrected chi connectivity index (χ1v) is 3.26. The lowest BCUT2D eigenvalue weighted by atomic mass is 10.4. The molecule has 2 nitrogen and oxygen atoms in total. The number of rotatable bonds is 0. The van der Waals surface area contributed by atoms with Crippen LogP contribution < -0.4 is 0 Å². The molecule has 0 fully saturated rings. The van der Waals surface area contributed by atoms with Crippen LogP contribution >= 0.6 is 0 Å². The van der Waals surface area contributed by atoms with Crippen molar-refractivity contribution >= 4 is 0 Å². The van der Waals surface area contributed by atoms with Gasteiger partial charge in [-0.25, -0.2) is 0 Å². The first kappa shape index (κ1) is 12.8. The Balaban J connectivity index is 0. The number of methoxy groups -OCH3 is 1. The summed E-state index contributed by atoms with van der Waals surface area (Å²) in [6.45, 7) is 0. The highest BCUT2D eigenvalue weighted by molar-refractivity contribution is 4.99. The van der Waals surface area contributed by atoms with Gasteiger partial charge in [0, 0.05) is 21.3 Å². The molecule has 64 valence electrons. The Hall–Kier alpha value is -0.860. The molecule has 11 heavy (non-hydrogen) atoms. The van der Waals surface area contributed by atoms with E-state index in [1.54, 1.807) is 14.2 Å². The van der Waals surface area contributed by atoms with Crippen LogP contribution in [0.3, 0.4) is 0 Å². The van der Waals surface area contributed by atoms with E-state index in [2.05, 4.69) is 4.74 Å². The molecular weight excluding hydrogens is 140 g/mol. The molecule has 0 spiro atoms. The maximum Gasteiger partial charge on any atom is 0.0351 e. The van der Waals surface area contributed by atoms with Crippen molar-refractivity contribution in [3.63, 3.8) is 0 Å². The van der Waals surface area contributed by atoms with Crippen molar-refractivity contribution in [3.8, 4) is 0 Å². The van der Waals surface area contributed by atoms with E-state index in [0.29, 0.717) is 0 Å². The average Bonchev–Trinajstić information content (AvgIpc) is 2.12. The molecule has 1 N–H and O–H groups in total. The molecule has 0 amide bonds. The van der Waals surface area contributed by atoms with Crippen molar-refractivity contribution in [2.24, 2.45) is 0 Å². The Kier molecular flexibility index (Phi) is 18.7. The van der Waals surface area contributed by atoms with Crippen LogP contribution in [0.15, 0.2) is 36.4 Å². The highest BCUT2D eigenvalue weighted by Gasteiger charge is 1.57. The van der Waals surface area contributed by atoms with Gasteiger partial charge in [0.1, 0.15) is 0 Å². The van der Waals surface area contributed by atoms with E-state index < -0.39 is 0 Å². The first-order chi connectivity index (χ1) is 5.41. The Morgan fingerprint density at radius 3 is 0.909 bits per heavy atom. The van der Waals surface area contributed by atoms with E-state index in [9.17, 15) is 0 Å². The fourth-order valence-electron chi connectivity index (χ4n) is 0.385. The molecule has 0 unspecified atom stereocenters. The van der Waals surface area contributed by atoms with Gasteiger partial charge < -0.3 is 9.84 Å². The zero-order valence-corrected chi connectivity index (χ0v) is 7.32. The van der Waals surface area contributed by atoms with E-state index in [-0.39, 0.29) is 0 Å². The van der Waals surface area contributed by atoms with Gasteiger partial charge in [-0.05, 0) is 0 Å². The number of hydrogen-bond donors (Lipinski definition) is 1. The maximum atomic E-state index is 7.00. The van der Waals surface area contributed by atoms with E-state index in [4.69, 9.17) is 5.11 Å². The van der Waals surface area contributed by atoms with Gasteiger partial charge in [-0.2, -0.15) is 0 Å². The third-order valence-electron chi connectivity index (χ3n) is 0.667. The first-order valence-electron chi connectivity index (χ1n) is 3.26. The van der Waals surface area contributed by atoms with Gasteiger partial charge in [0.2, 0.25) is 0 Å². The molecule has 1 aromatic carbocycles. The van der Waals surface area contributed by atoms with Crippen LogP contribution in [0.2, 0.25) is 0 Å². The minimum absolute atomic E-state index is 1.00. The molecular formula is C9H16O2. The van der Waals surface area contributed by atoms with Crippen LogP contribution in [0.1, 0.15) is 0 Å². The smallest absolute Gasteiger partial charge is 0.0351 e. The summed E-state index contributed by atoms with van der Waals surface area (Å²) in [6, 6.07) is 12.0. The number of hydrogen-bond acceptors (Lipinski definition) is 2. The monoisotopic (exact) mass is 156 g/mol. The SMILES string of the molecule is CO.COC.c1ccccc1. The van der Waals surface area contributed by atoms with Crippen molar-refractivity contribution < 1.29 is 9.84 Å². The Labute approximate surface area is 68.4 Å². The fraction of sp³-hybridized carbons (Fsp3) is 0.333. The molecule has 2 heteroatoms. The van der Waals surface area contributed by atoms with Crippen LogP contribution in [0.5, 0.6) is 0 Å². The van der Waals surface area contributed by atoms with Crippen LogP contribution in [0.25, 0.3) is 0 Å². The topological polar surface area (TPSA) is 29.5 Å². The standard InChI is InChI=1S/C6H6.C2H6O.CH4O/c1-2-4-6-5-3-1;1-3-2;1-2/h1-6H;1-2H3;2H,1H3. The molecule has 0 saturated carbocycles. The minimum Gasteiger partial charge on any atom is -0.400 e. The van der Waals surface area contributed by atoms with E-state index in [1.807, 2.05) is 36.4 Å².